The average molecular weight is 320 g/mol. The first-order valence-corrected chi connectivity index (χ1v) is 8.49. The molecule has 2 aromatic heterocycles. The smallest absolute Gasteiger partial charge is 0.136 e. The van der Waals surface area contributed by atoms with Gasteiger partial charge in [-0.2, -0.15) is 0 Å². The Bertz CT molecular complexity index is 809. The van der Waals surface area contributed by atoms with E-state index in [0.717, 1.165) is 40.9 Å². The maximum atomic E-state index is 5.59. The Kier molecular flexibility index (Phi) is 5.06. The third-order valence-electron chi connectivity index (χ3n) is 4.15. The average Bonchev–Trinajstić information content (AvgIpc) is 2.62. The molecular weight excluding hydrogens is 296 g/mol. The number of aromatic nitrogens is 2. The number of pyridine rings is 2. The van der Waals surface area contributed by atoms with E-state index in [4.69, 9.17) is 10.7 Å². The zero-order valence-electron chi connectivity index (χ0n) is 14.3. The van der Waals surface area contributed by atoms with Gasteiger partial charge >= 0.3 is 0 Å². The lowest BCUT2D eigenvalue weighted by atomic mass is 10.0. The van der Waals surface area contributed by atoms with E-state index in [0.29, 0.717) is 12.5 Å². The third-order valence-corrected chi connectivity index (χ3v) is 4.15. The van der Waals surface area contributed by atoms with Gasteiger partial charge in [-0.1, -0.05) is 38.1 Å². The molecule has 0 atom stereocenters. The Morgan fingerprint density at radius 1 is 1.12 bits per heavy atom. The molecule has 0 unspecified atom stereocenters. The molecular formula is C20H24N4. The molecule has 0 aliphatic carbocycles. The SMILES string of the molecule is CC(C)c1ccc(-c2cc3ncccc3c(NCCCN)n2)cc1. The molecule has 0 spiro atoms. The van der Waals surface area contributed by atoms with Crippen molar-refractivity contribution in [1.82, 2.24) is 9.97 Å². The third kappa shape index (κ3) is 3.54. The molecule has 0 amide bonds. The van der Waals surface area contributed by atoms with Gasteiger partial charge in [0.15, 0.2) is 0 Å². The monoisotopic (exact) mass is 320 g/mol. The van der Waals surface area contributed by atoms with E-state index in [1.807, 2.05) is 24.4 Å². The van der Waals surface area contributed by atoms with Gasteiger partial charge in [0.25, 0.3) is 0 Å². The highest BCUT2D eigenvalue weighted by atomic mass is 15.0. The highest BCUT2D eigenvalue weighted by Crippen LogP contribution is 2.27. The lowest BCUT2D eigenvalue weighted by molar-refractivity contribution is 0.867. The normalized spacial score (nSPS) is 11.2. The summed E-state index contributed by atoms with van der Waals surface area (Å²) in [5.74, 6) is 1.40. The number of nitrogens with zero attached hydrogens (tertiary/aromatic N) is 2. The van der Waals surface area contributed by atoms with Crippen LogP contribution in [-0.4, -0.2) is 23.1 Å². The number of nitrogens with one attached hydrogen (secondary N) is 1. The first-order chi connectivity index (χ1) is 11.7. The number of fused-ring (bicyclic) bond motifs is 1. The van der Waals surface area contributed by atoms with E-state index in [1.54, 1.807) is 0 Å². The summed E-state index contributed by atoms with van der Waals surface area (Å²) in [5, 5.41) is 4.44. The number of nitrogens with two attached hydrogens (primary N) is 1. The van der Waals surface area contributed by atoms with Crippen LogP contribution in [0.2, 0.25) is 0 Å². The molecule has 3 rings (SSSR count). The fourth-order valence-electron chi connectivity index (χ4n) is 2.71. The number of benzene rings is 1. The van der Waals surface area contributed by atoms with Crippen LogP contribution in [0, 0.1) is 0 Å². The van der Waals surface area contributed by atoms with Crippen LogP contribution in [0.25, 0.3) is 22.2 Å². The van der Waals surface area contributed by atoms with Crippen molar-refractivity contribution >= 4 is 16.7 Å². The van der Waals surface area contributed by atoms with Crippen molar-refractivity contribution in [3.8, 4) is 11.3 Å². The van der Waals surface area contributed by atoms with Crippen molar-refractivity contribution in [2.75, 3.05) is 18.4 Å². The van der Waals surface area contributed by atoms with Crippen molar-refractivity contribution < 1.29 is 0 Å². The Morgan fingerprint density at radius 2 is 1.92 bits per heavy atom. The predicted molar refractivity (Wildman–Crippen MR) is 101 cm³/mol. The molecule has 0 fully saturated rings. The summed E-state index contributed by atoms with van der Waals surface area (Å²) in [4.78, 5) is 9.32. The maximum absolute atomic E-state index is 5.59. The van der Waals surface area contributed by atoms with Crippen LogP contribution in [0.1, 0.15) is 31.7 Å². The standard InChI is InChI=1S/C20H24N4/c1-14(2)15-6-8-16(9-7-15)18-13-19-17(5-3-11-22-19)20(24-18)23-12-4-10-21/h3,5-9,11,13-14H,4,10,12,21H2,1-2H3,(H,23,24). The lowest BCUT2D eigenvalue weighted by Gasteiger charge is -2.12. The van der Waals surface area contributed by atoms with E-state index >= 15 is 0 Å². The Hall–Kier alpha value is -2.46. The summed E-state index contributed by atoms with van der Waals surface area (Å²) in [6, 6.07) is 14.7. The predicted octanol–water partition coefficient (Wildman–Crippen LogP) is 4.18. The van der Waals surface area contributed by atoms with E-state index in [1.165, 1.54) is 5.56 Å². The van der Waals surface area contributed by atoms with Crippen LogP contribution >= 0.6 is 0 Å². The van der Waals surface area contributed by atoms with Gasteiger partial charge in [0.2, 0.25) is 0 Å². The quantitative estimate of drug-likeness (QED) is 0.669. The van der Waals surface area contributed by atoms with Crippen molar-refractivity contribution in [3.63, 3.8) is 0 Å². The Labute approximate surface area is 143 Å². The van der Waals surface area contributed by atoms with E-state index in [-0.39, 0.29) is 0 Å². The van der Waals surface area contributed by atoms with Crippen LogP contribution < -0.4 is 11.1 Å². The van der Waals surface area contributed by atoms with Crippen molar-refractivity contribution in [1.29, 1.82) is 0 Å². The summed E-state index contributed by atoms with van der Waals surface area (Å²) in [5.41, 5.74) is 9.92. The van der Waals surface area contributed by atoms with E-state index in [9.17, 15) is 0 Å². The Morgan fingerprint density at radius 3 is 2.62 bits per heavy atom. The zero-order chi connectivity index (χ0) is 16.9. The number of hydrogen-bond donors (Lipinski definition) is 2. The van der Waals surface area contributed by atoms with Crippen molar-refractivity contribution in [3.05, 3.63) is 54.2 Å². The summed E-state index contributed by atoms with van der Waals surface area (Å²) in [7, 11) is 0. The molecule has 4 heteroatoms. The molecule has 0 radical (unpaired) electrons. The van der Waals surface area contributed by atoms with Crippen molar-refractivity contribution in [2.45, 2.75) is 26.2 Å². The first kappa shape index (κ1) is 16.4. The fourth-order valence-corrected chi connectivity index (χ4v) is 2.71. The maximum Gasteiger partial charge on any atom is 0.136 e. The number of anilines is 1. The van der Waals surface area contributed by atoms with Crippen LogP contribution in [0.3, 0.4) is 0 Å². The minimum atomic E-state index is 0.527. The highest BCUT2D eigenvalue weighted by Gasteiger charge is 2.09. The second kappa shape index (κ2) is 7.41. The molecule has 0 saturated heterocycles. The second-order valence-corrected chi connectivity index (χ2v) is 6.27. The summed E-state index contributed by atoms with van der Waals surface area (Å²) >= 11 is 0. The molecule has 0 aliphatic heterocycles. The van der Waals surface area contributed by atoms with Crippen LogP contribution in [0.4, 0.5) is 5.82 Å². The molecule has 0 aliphatic rings. The van der Waals surface area contributed by atoms with E-state index in [2.05, 4.69) is 48.4 Å². The minimum absolute atomic E-state index is 0.527. The molecule has 124 valence electrons. The summed E-state index contributed by atoms with van der Waals surface area (Å²) in [6.45, 7) is 5.88. The van der Waals surface area contributed by atoms with Crippen LogP contribution in [-0.2, 0) is 0 Å². The molecule has 3 N–H and O–H groups in total. The van der Waals surface area contributed by atoms with E-state index < -0.39 is 0 Å². The van der Waals surface area contributed by atoms with Gasteiger partial charge in [-0.3, -0.25) is 4.98 Å². The van der Waals surface area contributed by atoms with Gasteiger partial charge in [-0.05, 0) is 42.6 Å². The molecule has 3 aromatic rings. The van der Waals surface area contributed by atoms with Crippen LogP contribution in [0.5, 0.6) is 0 Å². The van der Waals surface area contributed by atoms with Gasteiger partial charge in [-0.15, -0.1) is 0 Å². The highest BCUT2D eigenvalue weighted by molar-refractivity contribution is 5.91. The summed E-state index contributed by atoms with van der Waals surface area (Å²) in [6.07, 6.45) is 2.73. The molecule has 4 nitrogen and oxygen atoms in total. The molecule has 24 heavy (non-hydrogen) atoms. The summed E-state index contributed by atoms with van der Waals surface area (Å²) < 4.78 is 0. The number of rotatable bonds is 6. The minimum Gasteiger partial charge on any atom is -0.369 e. The molecule has 0 saturated carbocycles. The molecule has 2 heterocycles. The zero-order valence-corrected chi connectivity index (χ0v) is 14.3. The number of hydrogen-bond acceptors (Lipinski definition) is 4. The fraction of sp³-hybridized carbons (Fsp3) is 0.300. The molecule has 1 aromatic carbocycles. The second-order valence-electron chi connectivity index (χ2n) is 6.27. The molecule has 0 bridgehead atoms. The van der Waals surface area contributed by atoms with Gasteiger partial charge < -0.3 is 11.1 Å². The Balaban J connectivity index is 2.01. The lowest BCUT2D eigenvalue weighted by Crippen LogP contribution is -2.10. The van der Waals surface area contributed by atoms with Gasteiger partial charge in [0.1, 0.15) is 5.82 Å². The topological polar surface area (TPSA) is 63.8 Å². The largest absolute Gasteiger partial charge is 0.369 e. The van der Waals surface area contributed by atoms with Gasteiger partial charge in [0.05, 0.1) is 11.2 Å². The van der Waals surface area contributed by atoms with Gasteiger partial charge in [-0.25, -0.2) is 4.98 Å². The van der Waals surface area contributed by atoms with Gasteiger partial charge in [0, 0.05) is 23.7 Å². The first-order valence-electron chi connectivity index (χ1n) is 8.49. The van der Waals surface area contributed by atoms with Crippen LogP contribution in [0.15, 0.2) is 48.7 Å². The van der Waals surface area contributed by atoms with Crippen molar-refractivity contribution in [2.24, 2.45) is 5.73 Å².